The van der Waals surface area contributed by atoms with E-state index in [1.165, 1.54) is 0 Å². The summed E-state index contributed by atoms with van der Waals surface area (Å²) >= 11 is 0. The fourth-order valence-electron chi connectivity index (χ4n) is 1.10. The van der Waals surface area contributed by atoms with Crippen LogP contribution in [0.3, 0.4) is 0 Å². The zero-order valence-electron chi connectivity index (χ0n) is 10.2. The average molecular weight is 230 g/mol. The number of carbonyl (C=O) groups excluding carboxylic acids is 2. The maximum Gasteiger partial charge on any atom is 0.235 e. The highest BCUT2D eigenvalue weighted by Crippen LogP contribution is 2.17. The molecule has 0 aliphatic rings. The minimum Gasteiger partial charge on any atom is -0.354 e. The van der Waals surface area contributed by atoms with Crippen molar-refractivity contribution in [2.45, 2.75) is 27.2 Å². The van der Waals surface area contributed by atoms with E-state index in [0.717, 1.165) is 0 Å². The van der Waals surface area contributed by atoms with E-state index in [1.54, 1.807) is 0 Å². The Kier molecular flexibility index (Phi) is 6.67. The van der Waals surface area contributed by atoms with Crippen LogP contribution in [0.25, 0.3) is 0 Å². The third kappa shape index (κ3) is 9.42. The summed E-state index contributed by atoms with van der Waals surface area (Å²) in [5, 5.41) is 5.34. The first-order valence-electron chi connectivity index (χ1n) is 5.32. The Morgan fingerprint density at radius 2 is 1.56 bits per heavy atom. The van der Waals surface area contributed by atoms with Crippen LogP contribution in [0.15, 0.2) is 0 Å². The van der Waals surface area contributed by atoms with Gasteiger partial charge in [-0.3, -0.25) is 20.9 Å². The molecule has 0 heterocycles. The second-order valence-corrected chi connectivity index (χ2v) is 4.82. The molecule has 6 heteroatoms. The van der Waals surface area contributed by atoms with Gasteiger partial charge in [-0.1, -0.05) is 20.8 Å². The number of nitrogens with two attached hydrogens (primary N) is 1. The smallest absolute Gasteiger partial charge is 0.235 e. The third-order valence-corrected chi connectivity index (χ3v) is 1.72. The fourth-order valence-corrected chi connectivity index (χ4v) is 1.10. The Hall–Kier alpha value is -1.14. The highest BCUT2D eigenvalue weighted by molar-refractivity contribution is 5.78. The third-order valence-electron chi connectivity index (χ3n) is 1.72. The molecule has 6 nitrogen and oxygen atoms in total. The lowest BCUT2D eigenvalue weighted by molar-refractivity contribution is -0.123. The zero-order valence-corrected chi connectivity index (χ0v) is 10.2. The maximum absolute atomic E-state index is 11.4. The topological polar surface area (TPSA) is 96.2 Å². The number of carbonyl (C=O) groups is 2. The van der Waals surface area contributed by atoms with Crippen LogP contribution in [0, 0.1) is 5.41 Å². The molecule has 0 atom stereocenters. The van der Waals surface area contributed by atoms with Gasteiger partial charge in [0.2, 0.25) is 11.8 Å². The first kappa shape index (κ1) is 14.9. The summed E-state index contributed by atoms with van der Waals surface area (Å²) < 4.78 is 0. The largest absolute Gasteiger partial charge is 0.354 e. The molecular weight excluding hydrogens is 208 g/mol. The van der Waals surface area contributed by atoms with Gasteiger partial charge in [0.15, 0.2) is 0 Å². The molecule has 0 fully saturated rings. The van der Waals surface area contributed by atoms with E-state index in [2.05, 4.69) is 16.1 Å². The Balaban J connectivity index is 3.52. The van der Waals surface area contributed by atoms with E-state index in [4.69, 9.17) is 5.84 Å². The molecule has 16 heavy (non-hydrogen) atoms. The number of nitrogens with one attached hydrogen (secondary N) is 3. The summed E-state index contributed by atoms with van der Waals surface area (Å²) in [6, 6.07) is 0. The highest BCUT2D eigenvalue weighted by atomic mass is 16.2. The lowest BCUT2D eigenvalue weighted by Gasteiger charge is -2.17. The zero-order chi connectivity index (χ0) is 12.6. The molecule has 0 aromatic heterocycles. The molecule has 94 valence electrons. The molecule has 0 bridgehead atoms. The highest BCUT2D eigenvalue weighted by Gasteiger charge is 2.15. The maximum atomic E-state index is 11.4. The molecule has 0 aromatic carbocycles. The SMILES string of the molecule is CC(C)(C)CC(=O)NCCNC(=O)CNN. The van der Waals surface area contributed by atoms with E-state index < -0.39 is 0 Å². The summed E-state index contributed by atoms with van der Waals surface area (Å²) in [4.78, 5) is 22.3. The van der Waals surface area contributed by atoms with Crippen LogP contribution in [0.4, 0.5) is 0 Å². The van der Waals surface area contributed by atoms with Crippen LogP contribution in [-0.4, -0.2) is 31.4 Å². The van der Waals surface area contributed by atoms with E-state index in [-0.39, 0.29) is 23.8 Å². The number of hydrogen-bond donors (Lipinski definition) is 4. The normalized spacial score (nSPS) is 11.0. The summed E-state index contributed by atoms with van der Waals surface area (Å²) in [6.45, 7) is 6.93. The quantitative estimate of drug-likeness (QED) is 0.271. The molecule has 0 rings (SSSR count). The Morgan fingerprint density at radius 1 is 1.06 bits per heavy atom. The molecule has 0 spiro atoms. The second kappa shape index (κ2) is 7.19. The molecule has 5 N–H and O–H groups in total. The first-order valence-corrected chi connectivity index (χ1v) is 5.32. The van der Waals surface area contributed by atoms with Crippen molar-refractivity contribution in [1.82, 2.24) is 16.1 Å². The van der Waals surface area contributed by atoms with Gasteiger partial charge in [-0.05, 0) is 5.41 Å². The fraction of sp³-hybridized carbons (Fsp3) is 0.800. The minimum absolute atomic E-state index is 0.00120. The van der Waals surface area contributed by atoms with E-state index in [0.29, 0.717) is 19.5 Å². The summed E-state index contributed by atoms with van der Waals surface area (Å²) in [6.07, 6.45) is 0.477. The van der Waals surface area contributed by atoms with Crippen molar-refractivity contribution in [2.75, 3.05) is 19.6 Å². The van der Waals surface area contributed by atoms with E-state index in [1.807, 2.05) is 20.8 Å². The molecule has 2 amide bonds. The molecular formula is C10H22N4O2. The van der Waals surface area contributed by atoms with E-state index in [9.17, 15) is 9.59 Å². The molecule has 0 aromatic rings. The van der Waals surface area contributed by atoms with Gasteiger partial charge in [0.25, 0.3) is 0 Å². The number of hydrazine groups is 1. The van der Waals surface area contributed by atoms with Gasteiger partial charge < -0.3 is 10.6 Å². The predicted molar refractivity (Wildman–Crippen MR) is 62.3 cm³/mol. The molecule has 0 unspecified atom stereocenters. The van der Waals surface area contributed by atoms with Crippen molar-refractivity contribution < 1.29 is 9.59 Å². The second-order valence-electron chi connectivity index (χ2n) is 4.82. The van der Waals surface area contributed by atoms with Gasteiger partial charge in [0.05, 0.1) is 6.54 Å². The van der Waals surface area contributed by atoms with Crippen LogP contribution in [0.1, 0.15) is 27.2 Å². The molecule has 0 saturated carbocycles. The van der Waals surface area contributed by atoms with Gasteiger partial charge in [0.1, 0.15) is 0 Å². The van der Waals surface area contributed by atoms with Crippen molar-refractivity contribution in [1.29, 1.82) is 0 Å². The van der Waals surface area contributed by atoms with Crippen LogP contribution >= 0.6 is 0 Å². The Morgan fingerprint density at radius 3 is 2.00 bits per heavy atom. The Labute approximate surface area is 96.3 Å². The average Bonchev–Trinajstić information content (AvgIpc) is 2.10. The standard InChI is InChI=1S/C10H22N4O2/c1-10(2,3)6-8(15)12-4-5-13-9(16)7-14-11/h14H,4-7,11H2,1-3H3,(H,12,15)(H,13,16). The number of amides is 2. The number of rotatable bonds is 6. The van der Waals surface area contributed by atoms with Gasteiger partial charge >= 0.3 is 0 Å². The van der Waals surface area contributed by atoms with Crippen LogP contribution in [0.5, 0.6) is 0 Å². The van der Waals surface area contributed by atoms with Crippen LogP contribution < -0.4 is 21.9 Å². The molecule has 0 saturated heterocycles. The predicted octanol–water partition coefficient (Wildman–Crippen LogP) is -0.882. The van der Waals surface area contributed by atoms with Crippen LogP contribution in [-0.2, 0) is 9.59 Å². The van der Waals surface area contributed by atoms with E-state index >= 15 is 0 Å². The summed E-state index contributed by atoms with van der Waals surface area (Å²) in [5.74, 6) is 4.78. The van der Waals surface area contributed by atoms with Gasteiger partial charge in [-0.25, -0.2) is 0 Å². The van der Waals surface area contributed by atoms with Crippen LogP contribution in [0.2, 0.25) is 0 Å². The van der Waals surface area contributed by atoms with Crippen molar-refractivity contribution in [3.05, 3.63) is 0 Å². The minimum atomic E-state index is -0.187. The van der Waals surface area contributed by atoms with Crippen molar-refractivity contribution in [3.8, 4) is 0 Å². The molecule has 0 aliphatic carbocycles. The monoisotopic (exact) mass is 230 g/mol. The lowest BCUT2D eigenvalue weighted by atomic mass is 9.92. The van der Waals surface area contributed by atoms with Crippen molar-refractivity contribution in [3.63, 3.8) is 0 Å². The van der Waals surface area contributed by atoms with Gasteiger partial charge in [-0.2, -0.15) is 0 Å². The summed E-state index contributed by atoms with van der Waals surface area (Å²) in [5.41, 5.74) is 2.23. The summed E-state index contributed by atoms with van der Waals surface area (Å²) in [7, 11) is 0. The lowest BCUT2D eigenvalue weighted by Crippen LogP contribution is -2.41. The number of hydrogen-bond acceptors (Lipinski definition) is 4. The first-order chi connectivity index (χ1) is 7.35. The molecule has 0 radical (unpaired) electrons. The van der Waals surface area contributed by atoms with Crippen molar-refractivity contribution >= 4 is 11.8 Å². The van der Waals surface area contributed by atoms with Gasteiger partial charge in [0, 0.05) is 19.5 Å². The Bertz CT molecular complexity index is 235. The van der Waals surface area contributed by atoms with Gasteiger partial charge in [-0.15, -0.1) is 0 Å². The molecule has 0 aliphatic heterocycles. The van der Waals surface area contributed by atoms with Crippen molar-refractivity contribution in [2.24, 2.45) is 11.3 Å².